The summed E-state index contributed by atoms with van der Waals surface area (Å²) in [5.74, 6) is 0. The summed E-state index contributed by atoms with van der Waals surface area (Å²) in [5, 5.41) is 0. The molecule has 20 heavy (non-hydrogen) atoms. The molecule has 2 rings (SSSR count). The van der Waals surface area contributed by atoms with Gasteiger partial charge < -0.3 is 0 Å². The Labute approximate surface area is 139 Å². The fourth-order valence-electron chi connectivity index (χ4n) is 1.76. The summed E-state index contributed by atoms with van der Waals surface area (Å²) >= 11 is 10.2. The van der Waals surface area contributed by atoms with Crippen LogP contribution < -0.4 is 0 Å². The molecule has 2 aromatic carbocycles. The van der Waals surface area contributed by atoms with Gasteiger partial charge in [0.15, 0.2) is 0 Å². The Morgan fingerprint density at radius 3 is 2.30 bits per heavy atom. The number of hydrogen-bond acceptors (Lipinski definition) is 0. The fraction of sp³-hybridized carbons (Fsp3) is 0.143. The van der Waals surface area contributed by atoms with E-state index in [0.717, 1.165) is 26.6 Å². The number of benzene rings is 2. The Hall–Kier alpha value is -0.330. The standard InChI is InChI=1S/C14H8Br3F3/c15-10-4-5-12(16)11(7-10)13(17)8-2-1-3-9(6-8)14(18,19)20/h1-7,13H. The highest BCUT2D eigenvalue weighted by Crippen LogP contribution is 2.39. The van der Waals surface area contributed by atoms with E-state index >= 15 is 0 Å². The Bertz CT molecular complexity index is 623. The lowest BCUT2D eigenvalue weighted by Crippen LogP contribution is -2.06. The van der Waals surface area contributed by atoms with Crippen LogP contribution in [0.4, 0.5) is 13.2 Å². The summed E-state index contributed by atoms with van der Waals surface area (Å²) in [4.78, 5) is -0.323. The van der Waals surface area contributed by atoms with E-state index in [1.807, 2.05) is 18.2 Å². The van der Waals surface area contributed by atoms with Crippen molar-refractivity contribution in [3.05, 3.63) is 68.1 Å². The minimum atomic E-state index is -4.34. The predicted molar refractivity (Wildman–Crippen MR) is 84.1 cm³/mol. The van der Waals surface area contributed by atoms with Crippen molar-refractivity contribution in [3.8, 4) is 0 Å². The van der Waals surface area contributed by atoms with E-state index in [9.17, 15) is 13.2 Å². The molecule has 0 N–H and O–H groups in total. The van der Waals surface area contributed by atoms with Crippen molar-refractivity contribution < 1.29 is 13.2 Å². The normalized spacial score (nSPS) is 13.3. The minimum absolute atomic E-state index is 0.323. The molecule has 0 heterocycles. The van der Waals surface area contributed by atoms with Crippen LogP contribution >= 0.6 is 47.8 Å². The smallest absolute Gasteiger partial charge is 0.166 e. The van der Waals surface area contributed by atoms with Gasteiger partial charge in [-0.2, -0.15) is 13.2 Å². The molecular weight excluding hydrogens is 465 g/mol. The summed E-state index contributed by atoms with van der Waals surface area (Å²) in [7, 11) is 0. The highest BCUT2D eigenvalue weighted by Gasteiger charge is 2.31. The molecular formula is C14H8Br3F3. The third-order valence-electron chi connectivity index (χ3n) is 2.74. The van der Waals surface area contributed by atoms with Crippen LogP contribution in [0.25, 0.3) is 0 Å². The van der Waals surface area contributed by atoms with E-state index in [4.69, 9.17) is 0 Å². The van der Waals surface area contributed by atoms with Crippen molar-refractivity contribution in [1.82, 2.24) is 0 Å². The highest BCUT2D eigenvalue weighted by molar-refractivity contribution is 9.11. The Morgan fingerprint density at radius 2 is 1.65 bits per heavy atom. The average molecular weight is 473 g/mol. The number of halogens is 6. The van der Waals surface area contributed by atoms with E-state index in [2.05, 4.69) is 47.8 Å². The largest absolute Gasteiger partial charge is 0.416 e. The Morgan fingerprint density at radius 1 is 0.950 bits per heavy atom. The monoisotopic (exact) mass is 470 g/mol. The maximum Gasteiger partial charge on any atom is 0.416 e. The van der Waals surface area contributed by atoms with Crippen LogP contribution in [0, 0.1) is 0 Å². The fourth-order valence-corrected chi connectivity index (χ4v) is 3.59. The van der Waals surface area contributed by atoms with Gasteiger partial charge in [0.05, 0.1) is 10.4 Å². The van der Waals surface area contributed by atoms with E-state index in [1.54, 1.807) is 6.07 Å². The van der Waals surface area contributed by atoms with Gasteiger partial charge in [-0.25, -0.2) is 0 Å². The molecule has 6 heteroatoms. The second-order valence-corrected chi connectivity index (χ2v) is 6.84. The molecule has 1 unspecified atom stereocenters. The average Bonchev–Trinajstić information content (AvgIpc) is 2.40. The topological polar surface area (TPSA) is 0 Å². The van der Waals surface area contributed by atoms with Crippen LogP contribution in [0.3, 0.4) is 0 Å². The number of hydrogen-bond donors (Lipinski definition) is 0. The van der Waals surface area contributed by atoms with E-state index < -0.39 is 11.7 Å². The van der Waals surface area contributed by atoms with Crippen molar-refractivity contribution in [2.45, 2.75) is 11.0 Å². The molecule has 0 aliphatic carbocycles. The van der Waals surface area contributed by atoms with E-state index in [0.29, 0.717) is 5.56 Å². The van der Waals surface area contributed by atoms with Gasteiger partial charge in [0.25, 0.3) is 0 Å². The summed E-state index contributed by atoms with van der Waals surface area (Å²) in [6.07, 6.45) is -4.34. The maximum atomic E-state index is 12.7. The zero-order valence-corrected chi connectivity index (χ0v) is 14.6. The molecule has 0 nitrogen and oxygen atoms in total. The van der Waals surface area contributed by atoms with Gasteiger partial charge in [-0.05, 0) is 35.4 Å². The third-order valence-corrected chi connectivity index (χ3v) is 4.98. The summed E-state index contributed by atoms with van der Waals surface area (Å²) in [6, 6.07) is 10.9. The van der Waals surface area contributed by atoms with Gasteiger partial charge in [0.2, 0.25) is 0 Å². The minimum Gasteiger partial charge on any atom is -0.166 e. The molecule has 0 saturated carbocycles. The molecule has 106 valence electrons. The first-order valence-corrected chi connectivity index (χ1v) is 8.05. The first kappa shape index (κ1) is 16.0. The van der Waals surface area contributed by atoms with Crippen LogP contribution in [0.5, 0.6) is 0 Å². The summed E-state index contributed by atoms with van der Waals surface area (Å²) in [6.45, 7) is 0. The van der Waals surface area contributed by atoms with Crippen LogP contribution in [0.15, 0.2) is 51.4 Å². The Kier molecular flexibility index (Phi) is 4.97. The van der Waals surface area contributed by atoms with E-state index in [-0.39, 0.29) is 4.83 Å². The number of rotatable bonds is 2. The maximum absolute atomic E-state index is 12.7. The van der Waals surface area contributed by atoms with Crippen LogP contribution in [0.1, 0.15) is 21.5 Å². The predicted octanol–water partition coefficient (Wildman–Crippen LogP) is 6.71. The van der Waals surface area contributed by atoms with Gasteiger partial charge in [-0.3, -0.25) is 0 Å². The molecule has 0 aromatic heterocycles. The zero-order valence-electron chi connectivity index (χ0n) is 9.89. The molecule has 1 atom stereocenters. The van der Waals surface area contributed by atoms with Crippen LogP contribution in [-0.2, 0) is 6.18 Å². The van der Waals surface area contributed by atoms with Crippen molar-refractivity contribution in [2.24, 2.45) is 0 Å². The van der Waals surface area contributed by atoms with Gasteiger partial charge in [0.1, 0.15) is 0 Å². The molecule has 0 radical (unpaired) electrons. The highest BCUT2D eigenvalue weighted by atomic mass is 79.9. The summed E-state index contributed by atoms with van der Waals surface area (Å²) in [5.41, 5.74) is 0.767. The van der Waals surface area contributed by atoms with Gasteiger partial charge in [-0.15, -0.1) is 0 Å². The molecule has 0 aliphatic heterocycles. The van der Waals surface area contributed by atoms with Crippen molar-refractivity contribution in [3.63, 3.8) is 0 Å². The van der Waals surface area contributed by atoms with Crippen LogP contribution in [0.2, 0.25) is 0 Å². The second kappa shape index (κ2) is 6.20. The molecule has 0 saturated heterocycles. The summed E-state index contributed by atoms with van der Waals surface area (Å²) < 4.78 is 39.9. The molecule has 0 bridgehead atoms. The van der Waals surface area contributed by atoms with Crippen molar-refractivity contribution >= 4 is 47.8 Å². The van der Waals surface area contributed by atoms with Gasteiger partial charge in [0, 0.05) is 8.95 Å². The Balaban J connectivity index is 2.43. The van der Waals surface area contributed by atoms with Crippen molar-refractivity contribution in [2.75, 3.05) is 0 Å². The van der Waals surface area contributed by atoms with Crippen molar-refractivity contribution in [1.29, 1.82) is 0 Å². The molecule has 0 aliphatic rings. The quantitative estimate of drug-likeness (QED) is 0.426. The molecule has 2 aromatic rings. The molecule has 0 fully saturated rings. The SMILES string of the molecule is FC(F)(F)c1cccc(C(Br)c2cc(Br)ccc2Br)c1. The zero-order chi connectivity index (χ0) is 14.9. The number of alkyl halides is 4. The molecule has 0 amide bonds. The second-order valence-electron chi connectivity index (χ2n) is 4.15. The third kappa shape index (κ3) is 3.65. The first-order valence-electron chi connectivity index (χ1n) is 5.55. The lowest BCUT2D eigenvalue weighted by Gasteiger charge is -2.15. The molecule has 0 spiro atoms. The van der Waals surface area contributed by atoms with E-state index in [1.165, 1.54) is 6.07 Å². The van der Waals surface area contributed by atoms with Gasteiger partial charge in [-0.1, -0.05) is 66.0 Å². The lowest BCUT2D eigenvalue weighted by atomic mass is 10.0. The van der Waals surface area contributed by atoms with Crippen LogP contribution in [-0.4, -0.2) is 0 Å². The first-order chi connectivity index (χ1) is 9.29. The van der Waals surface area contributed by atoms with Gasteiger partial charge >= 0.3 is 6.18 Å². The lowest BCUT2D eigenvalue weighted by molar-refractivity contribution is -0.137.